The zero-order valence-electron chi connectivity index (χ0n) is 8.33. The smallest absolute Gasteiger partial charge is 0.271 e. The highest BCUT2D eigenvalue weighted by atomic mass is 79.9. The second-order valence-electron chi connectivity index (χ2n) is 3.29. The number of H-pyrrole nitrogens is 1. The lowest BCUT2D eigenvalue weighted by atomic mass is 10.3. The first-order valence-corrected chi connectivity index (χ1v) is 5.57. The van der Waals surface area contributed by atoms with Crippen LogP contribution in [0.25, 0.3) is 5.69 Å². The first-order valence-electron chi connectivity index (χ1n) is 4.77. The molecule has 2 aromatic rings. The van der Waals surface area contributed by atoms with Gasteiger partial charge in [0.2, 0.25) is 0 Å². The van der Waals surface area contributed by atoms with Crippen molar-refractivity contribution in [3.05, 3.63) is 50.9 Å². The molecule has 0 spiro atoms. The molecule has 4 heteroatoms. The quantitative estimate of drug-likeness (QED) is 0.891. The molecule has 1 heterocycles. The number of halogens is 1. The van der Waals surface area contributed by atoms with Gasteiger partial charge >= 0.3 is 0 Å². The van der Waals surface area contributed by atoms with E-state index in [4.69, 9.17) is 0 Å². The van der Waals surface area contributed by atoms with Gasteiger partial charge in [0.05, 0.1) is 5.69 Å². The molecule has 0 saturated carbocycles. The van der Waals surface area contributed by atoms with E-state index in [1.807, 2.05) is 31.2 Å². The van der Waals surface area contributed by atoms with Crippen molar-refractivity contribution in [1.29, 1.82) is 0 Å². The number of aromatic amines is 1. The highest BCUT2D eigenvalue weighted by Crippen LogP contribution is 2.13. The number of nitrogens with zero attached hydrogens (tertiary/aromatic N) is 1. The number of aromatic nitrogens is 2. The predicted molar refractivity (Wildman–Crippen MR) is 63.5 cm³/mol. The Morgan fingerprint density at radius 3 is 2.80 bits per heavy atom. The Hall–Kier alpha value is -1.29. The Morgan fingerprint density at radius 2 is 2.20 bits per heavy atom. The zero-order chi connectivity index (χ0) is 10.8. The topological polar surface area (TPSA) is 37.8 Å². The highest BCUT2D eigenvalue weighted by molar-refractivity contribution is 9.10. The molecular weight excluding hydrogens is 256 g/mol. The second kappa shape index (κ2) is 4.06. The number of hydrogen-bond acceptors (Lipinski definition) is 1. The van der Waals surface area contributed by atoms with E-state index in [0.29, 0.717) is 0 Å². The molecule has 0 bridgehead atoms. The van der Waals surface area contributed by atoms with Crippen molar-refractivity contribution < 1.29 is 0 Å². The standard InChI is InChI=1S/C11H11BrN2O/c1-2-9-7-11(15)14(13-9)10-5-3-4-8(12)6-10/h3-7,13H,2H2,1H3. The van der Waals surface area contributed by atoms with E-state index < -0.39 is 0 Å². The Balaban J connectivity index is 2.54. The molecule has 1 aromatic heterocycles. The maximum atomic E-state index is 11.6. The fourth-order valence-electron chi connectivity index (χ4n) is 1.43. The van der Waals surface area contributed by atoms with Crippen LogP contribution in [0.4, 0.5) is 0 Å². The fraction of sp³-hybridized carbons (Fsp3) is 0.182. The first kappa shape index (κ1) is 10.2. The molecule has 0 atom stereocenters. The van der Waals surface area contributed by atoms with Crippen molar-refractivity contribution in [2.75, 3.05) is 0 Å². The van der Waals surface area contributed by atoms with Crippen molar-refractivity contribution in [1.82, 2.24) is 9.78 Å². The van der Waals surface area contributed by atoms with E-state index in [-0.39, 0.29) is 5.56 Å². The summed E-state index contributed by atoms with van der Waals surface area (Å²) in [6.45, 7) is 2.01. The van der Waals surface area contributed by atoms with Crippen LogP contribution in [0.15, 0.2) is 39.6 Å². The van der Waals surface area contributed by atoms with Gasteiger partial charge in [-0.05, 0) is 24.6 Å². The Kier molecular flexibility index (Phi) is 2.77. The molecule has 0 amide bonds. The van der Waals surface area contributed by atoms with Crippen molar-refractivity contribution in [3.8, 4) is 5.69 Å². The van der Waals surface area contributed by atoms with Crippen LogP contribution < -0.4 is 5.56 Å². The molecule has 0 radical (unpaired) electrons. The zero-order valence-corrected chi connectivity index (χ0v) is 9.91. The van der Waals surface area contributed by atoms with E-state index in [1.165, 1.54) is 0 Å². The average Bonchev–Trinajstić information content (AvgIpc) is 2.60. The lowest BCUT2D eigenvalue weighted by Gasteiger charge is -2.01. The number of rotatable bonds is 2. The molecule has 3 nitrogen and oxygen atoms in total. The SMILES string of the molecule is CCc1cc(=O)n(-c2cccc(Br)c2)[nH]1. The normalized spacial score (nSPS) is 10.5. The number of nitrogens with one attached hydrogen (secondary N) is 1. The summed E-state index contributed by atoms with van der Waals surface area (Å²) in [5, 5.41) is 3.06. The van der Waals surface area contributed by atoms with Crippen LogP contribution in [0.5, 0.6) is 0 Å². The number of hydrogen-bond donors (Lipinski definition) is 1. The summed E-state index contributed by atoms with van der Waals surface area (Å²) in [6.07, 6.45) is 0.830. The Bertz CT molecular complexity index is 527. The van der Waals surface area contributed by atoms with E-state index >= 15 is 0 Å². The van der Waals surface area contributed by atoms with Gasteiger partial charge in [0.1, 0.15) is 0 Å². The van der Waals surface area contributed by atoms with Crippen LogP contribution in [0.2, 0.25) is 0 Å². The summed E-state index contributed by atoms with van der Waals surface area (Å²) in [6, 6.07) is 9.25. The molecule has 0 fully saturated rings. The molecule has 0 aliphatic rings. The van der Waals surface area contributed by atoms with Crippen LogP contribution in [0, 0.1) is 0 Å². The van der Waals surface area contributed by atoms with Gasteiger partial charge in [-0.2, -0.15) is 0 Å². The second-order valence-corrected chi connectivity index (χ2v) is 4.20. The molecule has 0 saturated heterocycles. The molecule has 0 unspecified atom stereocenters. The number of benzene rings is 1. The minimum atomic E-state index is -0.0232. The van der Waals surface area contributed by atoms with Gasteiger partial charge in [-0.1, -0.05) is 28.9 Å². The largest absolute Gasteiger partial charge is 0.295 e. The van der Waals surface area contributed by atoms with Crippen LogP contribution in [-0.2, 0) is 6.42 Å². The van der Waals surface area contributed by atoms with Crippen LogP contribution in [0.1, 0.15) is 12.6 Å². The van der Waals surface area contributed by atoms with E-state index in [9.17, 15) is 4.79 Å². The highest BCUT2D eigenvalue weighted by Gasteiger charge is 2.03. The molecule has 2 rings (SSSR count). The summed E-state index contributed by atoms with van der Waals surface area (Å²) in [5.74, 6) is 0. The fourth-order valence-corrected chi connectivity index (χ4v) is 1.82. The van der Waals surface area contributed by atoms with Crippen molar-refractivity contribution in [2.24, 2.45) is 0 Å². The van der Waals surface area contributed by atoms with Crippen molar-refractivity contribution in [2.45, 2.75) is 13.3 Å². The maximum Gasteiger partial charge on any atom is 0.271 e. The van der Waals surface area contributed by atoms with Crippen molar-refractivity contribution >= 4 is 15.9 Å². The van der Waals surface area contributed by atoms with Crippen LogP contribution >= 0.6 is 15.9 Å². The third kappa shape index (κ3) is 2.04. The molecule has 0 aliphatic carbocycles. The minimum Gasteiger partial charge on any atom is -0.295 e. The summed E-state index contributed by atoms with van der Waals surface area (Å²) < 4.78 is 2.50. The van der Waals surface area contributed by atoms with Gasteiger partial charge in [-0.15, -0.1) is 0 Å². The molecule has 78 valence electrons. The van der Waals surface area contributed by atoms with E-state index in [2.05, 4.69) is 21.0 Å². The molecule has 1 aromatic carbocycles. The summed E-state index contributed by atoms with van der Waals surface area (Å²) in [4.78, 5) is 11.6. The average molecular weight is 267 g/mol. The predicted octanol–water partition coefficient (Wildman–Crippen LogP) is 2.49. The lowest BCUT2D eigenvalue weighted by molar-refractivity contribution is 0.819. The minimum absolute atomic E-state index is 0.0232. The first-order chi connectivity index (χ1) is 7.20. The Labute approximate surface area is 95.9 Å². The van der Waals surface area contributed by atoms with Gasteiger partial charge < -0.3 is 0 Å². The summed E-state index contributed by atoms with van der Waals surface area (Å²) in [5.41, 5.74) is 1.76. The van der Waals surface area contributed by atoms with Gasteiger partial charge in [0.25, 0.3) is 5.56 Å². The van der Waals surface area contributed by atoms with Gasteiger partial charge in [0.15, 0.2) is 0 Å². The van der Waals surface area contributed by atoms with Crippen molar-refractivity contribution in [3.63, 3.8) is 0 Å². The summed E-state index contributed by atoms with van der Waals surface area (Å²) in [7, 11) is 0. The molecule has 1 N–H and O–H groups in total. The Morgan fingerprint density at radius 1 is 1.40 bits per heavy atom. The molecule has 15 heavy (non-hydrogen) atoms. The van der Waals surface area contributed by atoms with Gasteiger partial charge in [-0.3, -0.25) is 9.89 Å². The summed E-state index contributed by atoms with van der Waals surface area (Å²) >= 11 is 3.38. The number of aryl methyl sites for hydroxylation is 1. The maximum absolute atomic E-state index is 11.6. The third-order valence-corrected chi connectivity index (χ3v) is 2.71. The van der Waals surface area contributed by atoms with E-state index in [0.717, 1.165) is 22.3 Å². The molecular formula is C11H11BrN2O. The molecule has 0 aliphatic heterocycles. The third-order valence-electron chi connectivity index (χ3n) is 2.22. The lowest BCUT2D eigenvalue weighted by Crippen LogP contribution is -2.13. The van der Waals surface area contributed by atoms with Crippen LogP contribution in [-0.4, -0.2) is 9.78 Å². The van der Waals surface area contributed by atoms with Crippen LogP contribution in [0.3, 0.4) is 0 Å². The van der Waals surface area contributed by atoms with Gasteiger partial charge in [-0.25, -0.2) is 4.68 Å². The van der Waals surface area contributed by atoms with Gasteiger partial charge in [0, 0.05) is 16.2 Å². The van der Waals surface area contributed by atoms with E-state index in [1.54, 1.807) is 10.7 Å². The monoisotopic (exact) mass is 266 g/mol.